The molecular formula is C13H12ClN3O2. The van der Waals surface area contributed by atoms with Crippen molar-refractivity contribution in [3.8, 4) is 0 Å². The SMILES string of the molecule is CN(CC(N)=O)C(=O)c1cc2ccccc2c(Cl)n1. The number of hydrogen-bond acceptors (Lipinski definition) is 3. The molecule has 5 nitrogen and oxygen atoms in total. The van der Waals surface area contributed by atoms with E-state index in [-0.39, 0.29) is 17.4 Å². The van der Waals surface area contributed by atoms with Crippen LogP contribution in [0.4, 0.5) is 0 Å². The Hall–Kier alpha value is -2.14. The van der Waals surface area contributed by atoms with E-state index in [1.807, 2.05) is 24.3 Å². The monoisotopic (exact) mass is 277 g/mol. The molecule has 6 heteroatoms. The van der Waals surface area contributed by atoms with Crippen molar-refractivity contribution < 1.29 is 9.59 Å². The van der Waals surface area contributed by atoms with Crippen molar-refractivity contribution >= 4 is 34.2 Å². The van der Waals surface area contributed by atoms with Gasteiger partial charge in [-0.2, -0.15) is 0 Å². The summed E-state index contributed by atoms with van der Waals surface area (Å²) in [4.78, 5) is 28.1. The standard InChI is InChI=1S/C13H12ClN3O2/c1-17(7-11(15)18)13(19)10-6-8-4-2-3-5-9(8)12(14)16-10/h2-6H,7H2,1H3,(H2,15,18). The van der Waals surface area contributed by atoms with Crippen LogP contribution in [0.1, 0.15) is 10.5 Å². The number of rotatable bonds is 3. The summed E-state index contributed by atoms with van der Waals surface area (Å²) in [6.07, 6.45) is 0. The van der Waals surface area contributed by atoms with E-state index in [4.69, 9.17) is 17.3 Å². The number of carbonyl (C=O) groups excluding carboxylic acids is 2. The highest BCUT2D eigenvalue weighted by atomic mass is 35.5. The molecule has 0 unspecified atom stereocenters. The molecule has 0 saturated heterocycles. The lowest BCUT2D eigenvalue weighted by molar-refractivity contribution is -0.118. The zero-order chi connectivity index (χ0) is 14.0. The summed E-state index contributed by atoms with van der Waals surface area (Å²) < 4.78 is 0. The van der Waals surface area contributed by atoms with Gasteiger partial charge in [-0.25, -0.2) is 4.98 Å². The van der Waals surface area contributed by atoms with Crippen molar-refractivity contribution in [2.75, 3.05) is 13.6 Å². The highest BCUT2D eigenvalue weighted by molar-refractivity contribution is 6.34. The third-order valence-electron chi connectivity index (χ3n) is 2.65. The predicted molar refractivity (Wildman–Crippen MR) is 72.9 cm³/mol. The first-order valence-electron chi connectivity index (χ1n) is 5.58. The molecule has 0 aliphatic carbocycles. The highest BCUT2D eigenvalue weighted by Gasteiger charge is 2.16. The topological polar surface area (TPSA) is 76.3 Å². The lowest BCUT2D eigenvalue weighted by atomic mass is 10.1. The summed E-state index contributed by atoms with van der Waals surface area (Å²) >= 11 is 6.04. The first-order chi connectivity index (χ1) is 8.99. The van der Waals surface area contributed by atoms with Crippen LogP contribution in [0.5, 0.6) is 0 Å². The number of nitrogens with two attached hydrogens (primary N) is 1. The summed E-state index contributed by atoms with van der Waals surface area (Å²) in [5.41, 5.74) is 5.24. The summed E-state index contributed by atoms with van der Waals surface area (Å²) in [7, 11) is 1.48. The van der Waals surface area contributed by atoms with Gasteiger partial charge in [0.05, 0.1) is 6.54 Å². The Balaban J connectivity index is 2.40. The molecule has 0 spiro atoms. The van der Waals surface area contributed by atoms with E-state index in [0.29, 0.717) is 0 Å². The Bertz CT molecular complexity index is 657. The van der Waals surface area contributed by atoms with E-state index in [1.54, 1.807) is 6.07 Å². The molecule has 19 heavy (non-hydrogen) atoms. The van der Waals surface area contributed by atoms with Crippen LogP contribution in [0.15, 0.2) is 30.3 Å². The number of primary amides is 1. The van der Waals surface area contributed by atoms with E-state index >= 15 is 0 Å². The molecule has 0 aliphatic rings. The van der Waals surface area contributed by atoms with Crippen molar-refractivity contribution in [2.45, 2.75) is 0 Å². The highest BCUT2D eigenvalue weighted by Crippen LogP contribution is 2.22. The van der Waals surface area contributed by atoms with Crippen molar-refractivity contribution in [1.29, 1.82) is 0 Å². The minimum atomic E-state index is -0.581. The fraction of sp³-hybridized carbons (Fsp3) is 0.154. The molecule has 2 aromatic rings. The Labute approximate surface area is 115 Å². The number of nitrogens with zero attached hydrogens (tertiary/aromatic N) is 2. The molecule has 98 valence electrons. The Kier molecular flexibility index (Phi) is 3.66. The first kappa shape index (κ1) is 13.3. The molecule has 1 aromatic heterocycles. The van der Waals surface area contributed by atoms with Gasteiger partial charge in [0.15, 0.2) is 0 Å². The fourth-order valence-electron chi connectivity index (χ4n) is 1.77. The summed E-state index contributed by atoms with van der Waals surface area (Å²) in [5.74, 6) is -0.978. The van der Waals surface area contributed by atoms with Gasteiger partial charge in [-0.05, 0) is 11.5 Å². The second-order valence-corrected chi connectivity index (χ2v) is 4.50. The molecule has 2 N–H and O–H groups in total. The number of fused-ring (bicyclic) bond motifs is 1. The van der Waals surface area contributed by atoms with Crippen LogP contribution in [0.3, 0.4) is 0 Å². The maximum absolute atomic E-state index is 12.1. The van der Waals surface area contributed by atoms with Gasteiger partial charge in [0.25, 0.3) is 5.91 Å². The Morgan fingerprint density at radius 3 is 2.74 bits per heavy atom. The van der Waals surface area contributed by atoms with Crippen molar-refractivity contribution in [2.24, 2.45) is 5.73 Å². The molecule has 2 rings (SSSR count). The van der Waals surface area contributed by atoms with Crippen LogP contribution in [0, 0.1) is 0 Å². The Morgan fingerprint density at radius 2 is 2.05 bits per heavy atom. The smallest absolute Gasteiger partial charge is 0.272 e. The fourth-order valence-corrected chi connectivity index (χ4v) is 2.03. The number of pyridine rings is 1. The van der Waals surface area contributed by atoms with Crippen molar-refractivity contribution in [1.82, 2.24) is 9.88 Å². The van der Waals surface area contributed by atoms with Gasteiger partial charge < -0.3 is 10.6 Å². The number of hydrogen-bond donors (Lipinski definition) is 1. The molecule has 2 amide bonds. The third-order valence-corrected chi connectivity index (χ3v) is 2.94. The summed E-state index contributed by atoms with van der Waals surface area (Å²) in [6, 6.07) is 9.00. The Morgan fingerprint density at radius 1 is 1.37 bits per heavy atom. The minimum absolute atomic E-state index is 0.162. The van der Waals surface area contributed by atoms with E-state index in [0.717, 1.165) is 10.8 Å². The van der Waals surface area contributed by atoms with Crippen molar-refractivity contribution in [3.05, 3.63) is 41.2 Å². The van der Waals surface area contributed by atoms with Gasteiger partial charge in [-0.3, -0.25) is 9.59 Å². The van der Waals surface area contributed by atoms with E-state index in [9.17, 15) is 9.59 Å². The van der Waals surface area contributed by atoms with Crippen molar-refractivity contribution in [3.63, 3.8) is 0 Å². The van der Waals surface area contributed by atoms with Crippen LogP contribution in [0.2, 0.25) is 5.15 Å². The molecule has 0 aliphatic heterocycles. The van der Waals surface area contributed by atoms with Gasteiger partial charge in [-0.15, -0.1) is 0 Å². The second-order valence-electron chi connectivity index (χ2n) is 4.15. The molecule has 0 atom stereocenters. The van der Waals surface area contributed by atoms with Crippen LogP contribution in [0.25, 0.3) is 10.8 Å². The van der Waals surface area contributed by atoms with Gasteiger partial charge in [0.1, 0.15) is 10.8 Å². The molecular weight excluding hydrogens is 266 g/mol. The quantitative estimate of drug-likeness (QED) is 0.863. The van der Waals surface area contributed by atoms with E-state index in [2.05, 4.69) is 4.98 Å². The number of amides is 2. The average Bonchev–Trinajstić information content (AvgIpc) is 2.37. The van der Waals surface area contributed by atoms with Gasteiger partial charge >= 0.3 is 0 Å². The number of carbonyl (C=O) groups is 2. The zero-order valence-corrected chi connectivity index (χ0v) is 11.0. The maximum atomic E-state index is 12.1. The average molecular weight is 278 g/mol. The number of aromatic nitrogens is 1. The lowest BCUT2D eigenvalue weighted by Gasteiger charge is -2.15. The van der Waals surface area contributed by atoms with Gasteiger partial charge in [0, 0.05) is 12.4 Å². The number of benzene rings is 1. The van der Waals surface area contributed by atoms with Crippen LogP contribution in [-0.2, 0) is 4.79 Å². The van der Waals surface area contributed by atoms with Crippen LogP contribution >= 0.6 is 11.6 Å². The molecule has 1 aromatic carbocycles. The molecule has 0 saturated carbocycles. The molecule has 0 fully saturated rings. The number of likely N-dealkylation sites (N-methyl/N-ethyl adjacent to an activating group) is 1. The molecule has 0 radical (unpaired) electrons. The largest absolute Gasteiger partial charge is 0.368 e. The van der Waals surface area contributed by atoms with Gasteiger partial charge in [-0.1, -0.05) is 35.9 Å². The maximum Gasteiger partial charge on any atom is 0.272 e. The van der Waals surface area contributed by atoms with Crippen LogP contribution < -0.4 is 5.73 Å². The van der Waals surface area contributed by atoms with Crippen LogP contribution in [-0.4, -0.2) is 35.3 Å². The third kappa shape index (κ3) is 2.82. The summed E-state index contributed by atoms with van der Waals surface area (Å²) in [6.45, 7) is -0.162. The molecule has 0 bridgehead atoms. The van der Waals surface area contributed by atoms with Gasteiger partial charge in [0.2, 0.25) is 5.91 Å². The van der Waals surface area contributed by atoms with E-state index in [1.165, 1.54) is 11.9 Å². The zero-order valence-electron chi connectivity index (χ0n) is 10.3. The normalized spacial score (nSPS) is 10.4. The molecule has 1 heterocycles. The lowest BCUT2D eigenvalue weighted by Crippen LogP contribution is -2.35. The first-order valence-corrected chi connectivity index (χ1v) is 5.96. The second kappa shape index (κ2) is 5.24. The summed E-state index contributed by atoms with van der Waals surface area (Å²) in [5, 5.41) is 1.85. The predicted octanol–water partition coefficient (Wildman–Crippen LogP) is 1.45. The minimum Gasteiger partial charge on any atom is -0.368 e. The van der Waals surface area contributed by atoms with E-state index < -0.39 is 11.8 Å². The number of halogens is 1.